The number of pyridine rings is 1. The second-order valence-electron chi connectivity index (χ2n) is 7.23. The van der Waals surface area contributed by atoms with Gasteiger partial charge in [-0.15, -0.1) is 0 Å². The fourth-order valence-corrected chi connectivity index (χ4v) is 3.70. The van der Waals surface area contributed by atoms with Gasteiger partial charge in [0.15, 0.2) is 0 Å². The first kappa shape index (κ1) is 18.4. The summed E-state index contributed by atoms with van der Waals surface area (Å²) in [5.74, 6) is -0.264. The van der Waals surface area contributed by atoms with Crippen molar-refractivity contribution in [1.82, 2.24) is 19.6 Å². The highest BCUT2D eigenvalue weighted by Crippen LogP contribution is 2.24. The molecular weight excluding hydrogens is 352 g/mol. The maximum atomic E-state index is 13.3. The number of piperazine rings is 1. The number of aryl methyl sites for hydroxylation is 2. The first-order valence-electron chi connectivity index (χ1n) is 9.67. The van der Waals surface area contributed by atoms with Gasteiger partial charge < -0.3 is 10.2 Å². The molecule has 1 N–H and O–H groups in total. The molecule has 1 fully saturated rings. The molecule has 0 bridgehead atoms. The van der Waals surface area contributed by atoms with Crippen LogP contribution in [-0.4, -0.2) is 39.8 Å². The molecule has 3 heterocycles. The van der Waals surface area contributed by atoms with Crippen LogP contribution in [0.1, 0.15) is 40.0 Å². The molecule has 0 aliphatic carbocycles. The van der Waals surface area contributed by atoms with E-state index in [1.54, 1.807) is 17.2 Å². The largest absolute Gasteiger partial charge is 0.329 e. The molecule has 1 aromatic carbocycles. The van der Waals surface area contributed by atoms with Gasteiger partial charge in [-0.1, -0.05) is 37.3 Å². The molecule has 0 saturated carbocycles. The van der Waals surface area contributed by atoms with Gasteiger partial charge in [0.2, 0.25) is 0 Å². The molecule has 6 heteroatoms. The summed E-state index contributed by atoms with van der Waals surface area (Å²) in [4.78, 5) is 32.4. The third kappa shape index (κ3) is 3.31. The summed E-state index contributed by atoms with van der Waals surface area (Å²) in [6.45, 7) is 5.95. The second-order valence-corrected chi connectivity index (χ2v) is 7.23. The van der Waals surface area contributed by atoms with Crippen molar-refractivity contribution < 1.29 is 4.79 Å². The molecule has 0 radical (unpaired) electrons. The zero-order valence-electron chi connectivity index (χ0n) is 16.2. The third-order valence-electron chi connectivity index (χ3n) is 5.36. The van der Waals surface area contributed by atoms with E-state index >= 15 is 0 Å². The summed E-state index contributed by atoms with van der Waals surface area (Å²) in [7, 11) is 0. The van der Waals surface area contributed by atoms with Gasteiger partial charge in [-0.3, -0.25) is 14.0 Å². The van der Waals surface area contributed by atoms with E-state index in [0.29, 0.717) is 25.3 Å². The highest BCUT2D eigenvalue weighted by atomic mass is 16.2. The number of hydrogen-bond donors (Lipinski definition) is 1. The first-order valence-corrected chi connectivity index (χ1v) is 9.67. The Kier molecular flexibility index (Phi) is 4.96. The Balaban J connectivity index is 1.71. The lowest BCUT2D eigenvalue weighted by Crippen LogP contribution is -2.49. The number of nitrogens with one attached hydrogen (secondary N) is 1. The molecule has 1 saturated heterocycles. The number of carbonyl (C=O) groups excluding carboxylic acids is 1. The van der Waals surface area contributed by atoms with Crippen molar-refractivity contribution in [1.29, 1.82) is 0 Å². The number of rotatable bonds is 3. The summed E-state index contributed by atoms with van der Waals surface area (Å²) in [5, 5.41) is 3.36. The summed E-state index contributed by atoms with van der Waals surface area (Å²) in [6, 6.07) is 11.9. The van der Waals surface area contributed by atoms with Crippen molar-refractivity contribution >= 4 is 11.6 Å². The molecular formula is C22H24N4O2. The van der Waals surface area contributed by atoms with Gasteiger partial charge in [-0.25, -0.2) is 4.98 Å². The first-order chi connectivity index (χ1) is 13.6. The zero-order valence-corrected chi connectivity index (χ0v) is 16.2. The third-order valence-corrected chi connectivity index (χ3v) is 5.36. The van der Waals surface area contributed by atoms with Crippen LogP contribution in [-0.2, 0) is 6.42 Å². The number of nitrogens with zero attached hydrogens (tertiary/aromatic N) is 3. The van der Waals surface area contributed by atoms with Crippen LogP contribution in [0.15, 0.2) is 53.6 Å². The van der Waals surface area contributed by atoms with Crippen molar-refractivity contribution in [2.45, 2.75) is 26.3 Å². The van der Waals surface area contributed by atoms with Crippen molar-refractivity contribution in [3.05, 3.63) is 81.4 Å². The average Bonchev–Trinajstić information content (AvgIpc) is 2.74. The molecule has 1 atom stereocenters. The number of amides is 1. The molecule has 1 unspecified atom stereocenters. The molecule has 1 amide bonds. The summed E-state index contributed by atoms with van der Waals surface area (Å²) in [5.41, 5.74) is 3.61. The minimum absolute atomic E-state index is 0.107. The van der Waals surface area contributed by atoms with E-state index in [1.807, 2.05) is 13.0 Å². The molecule has 144 valence electrons. The van der Waals surface area contributed by atoms with Crippen LogP contribution < -0.4 is 10.9 Å². The fourth-order valence-electron chi connectivity index (χ4n) is 3.70. The lowest BCUT2D eigenvalue weighted by molar-refractivity contribution is 0.0632. The quantitative estimate of drug-likeness (QED) is 0.762. The molecule has 2 aromatic heterocycles. The standard InChI is InChI=1S/C22H24N4O2/c1-3-16-5-7-17(8-6-16)19-13-23-10-11-25(19)21(27)18-12-24-20-9-4-15(2)14-26(20)22(18)28/h4-9,12,14,19,23H,3,10-11,13H2,1-2H3. The Morgan fingerprint density at radius 2 is 2.00 bits per heavy atom. The molecule has 6 nitrogen and oxygen atoms in total. The van der Waals surface area contributed by atoms with E-state index in [9.17, 15) is 9.59 Å². The van der Waals surface area contributed by atoms with E-state index in [2.05, 4.69) is 41.5 Å². The van der Waals surface area contributed by atoms with Gasteiger partial charge in [0, 0.05) is 32.0 Å². The van der Waals surface area contributed by atoms with Gasteiger partial charge >= 0.3 is 0 Å². The topological polar surface area (TPSA) is 66.7 Å². The van der Waals surface area contributed by atoms with Gasteiger partial charge in [-0.05, 0) is 36.1 Å². The number of fused-ring (bicyclic) bond motifs is 1. The Labute approximate surface area is 163 Å². The van der Waals surface area contributed by atoms with Crippen LogP contribution in [0, 0.1) is 6.92 Å². The van der Waals surface area contributed by atoms with Crippen LogP contribution in [0.5, 0.6) is 0 Å². The number of hydrogen-bond acceptors (Lipinski definition) is 4. The molecule has 4 rings (SSSR count). The van der Waals surface area contributed by atoms with E-state index in [4.69, 9.17) is 0 Å². The molecule has 1 aliphatic heterocycles. The van der Waals surface area contributed by atoms with Crippen LogP contribution in [0.2, 0.25) is 0 Å². The number of benzene rings is 1. The van der Waals surface area contributed by atoms with Gasteiger partial charge in [0.25, 0.3) is 11.5 Å². The van der Waals surface area contributed by atoms with Gasteiger partial charge in [0.1, 0.15) is 11.2 Å². The minimum atomic E-state index is -0.322. The van der Waals surface area contributed by atoms with Crippen molar-refractivity contribution in [2.75, 3.05) is 19.6 Å². The highest BCUT2D eigenvalue weighted by Gasteiger charge is 2.30. The number of aromatic nitrogens is 2. The van der Waals surface area contributed by atoms with Gasteiger partial charge in [-0.2, -0.15) is 0 Å². The van der Waals surface area contributed by atoms with E-state index in [1.165, 1.54) is 16.2 Å². The maximum absolute atomic E-state index is 13.3. The summed E-state index contributed by atoms with van der Waals surface area (Å²) >= 11 is 0. The highest BCUT2D eigenvalue weighted by molar-refractivity contribution is 5.94. The van der Waals surface area contributed by atoms with E-state index in [-0.39, 0.29) is 23.1 Å². The minimum Gasteiger partial charge on any atom is -0.329 e. The SMILES string of the molecule is CCc1ccc(C2CNCCN2C(=O)c2cnc3ccc(C)cn3c2=O)cc1. The van der Waals surface area contributed by atoms with E-state index < -0.39 is 0 Å². The van der Waals surface area contributed by atoms with Crippen LogP contribution in [0.25, 0.3) is 5.65 Å². The lowest BCUT2D eigenvalue weighted by atomic mass is 10.0. The number of carbonyl (C=O) groups is 1. The Bertz CT molecular complexity index is 1070. The normalized spacial score (nSPS) is 17.1. The Morgan fingerprint density at radius 1 is 1.21 bits per heavy atom. The van der Waals surface area contributed by atoms with Crippen molar-refractivity contribution in [3.63, 3.8) is 0 Å². The van der Waals surface area contributed by atoms with Crippen LogP contribution in [0.3, 0.4) is 0 Å². The molecule has 28 heavy (non-hydrogen) atoms. The monoisotopic (exact) mass is 376 g/mol. The fraction of sp³-hybridized carbons (Fsp3) is 0.318. The predicted octanol–water partition coefficient (Wildman–Crippen LogP) is 2.35. The van der Waals surface area contributed by atoms with Gasteiger partial charge in [0.05, 0.1) is 6.04 Å². The smallest absolute Gasteiger partial charge is 0.270 e. The van der Waals surface area contributed by atoms with Crippen LogP contribution >= 0.6 is 0 Å². The van der Waals surface area contributed by atoms with Crippen LogP contribution in [0.4, 0.5) is 0 Å². The zero-order chi connectivity index (χ0) is 19.7. The Hall–Kier alpha value is -2.99. The second kappa shape index (κ2) is 7.56. The molecule has 0 spiro atoms. The van der Waals surface area contributed by atoms with Crippen molar-refractivity contribution in [2.24, 2.45) is 0 Å². The Morgan fingerprint density at radius 3 is 2.75 bits per heavy atom. The average molecular weight is 376 g/mol. The lowest BCUT2D eigenvalue weighted by Gasteiger charge is -2.36. The molecule has 1 aliphatic rings. The summed E-state index contributed by atoms with van der Waals surface area (Å²) in [6.07, 6.45) is 4.11. The van der Waals surface area contributed by atoms with E-state index in [0.717, 1.165) is 17.5 Å². The predicted molar refractivity (Wildman–Crippen MR) is 109 cm³/mol. The van der Waals surface area contributed by atoms with Crippen molar-refractivity contribution in [3.8, 4) is 0 Å². The maximum Gasteiger partial charge on any atom is 0.270 e. The molecule has 3 aromatic rings. The summed E-state index contributed by atoms with van der Waals surface area (Å²) < 4.78 is 1.45.